The highest BCUT2D eigenvalue weighted by molar-refractivity contribution is 7.92. The summed E-state index contributed by atoms with van der Waals surface area (Å²) < 4.78 is 27.3. The lowest BCUT2D eigenvalue weighted by atomic mass is 10.1. The number of aromatic nitrogens is 1. The zero-order chi connectivity index (χ0) is 14.0. The Labute approximate surface area is 112 Å². The number of sulfonamides is 1. The van der Waals surface area contributed by atoms with Crippen molar-refractivity contribution in [2.75, 3.05) is 10.5 Å². The van der Waals surface area contributed by atoms with Crippen molar-refractivity contribution in [1.29, 1.82) is 0 Å². The van der Waals surface area contributed by atoms with Gasteiger partial charge in [0, 0.05) is 18.1 Å². The highest BCUT2D eigenvalue weighted by Gasteiger charge is 2.19. The minimum Gasteiger partial charge on any atom is -0.399 e. The van der Waals surface area contributed by atoms with E-state index in [0.29, 0.717) is 22.5 Å². The van der Waals surface area contributed by atoms with Gasteiger partial charge in [-0.2, -0.15) is 0 Å². The highest BCUT2D eigenvalue weighted by atomic mass is 32.2. The molecule has 0 saturated carbocycles. The van der Waals surface area contributed by atoms with Crippen molar-refractivity contribution in [2.24, 2.45) is 0 Å². The lowest BCUT2D eigenvalue weighted by Gasteiger charge is -2.13. The van der Waals surface area contributed by atoms with Crippen LogP contribution in [0, 0.1) is 13.8 Å². The summed E-state index contributed by atoms with van der Waals surface area (Å²) in [4.78, 5) is 4.11. The molecule has 0 fully saturated rings. The zero-order valence-corrected chi connectivity index (χ0v) is 11.5. The first-order valence-electron chi connectivity index (χ1n) is 5.70. The van der Waals surface area contributed by atoms with Crippen molar-refractivity contribution in [2.45, 2.75) is 18.7 Å². The van der Waals surface area contributed by atoms with Gasteiger partial charge in [0.05, 0.1) is 10.6 Å². The largest absolute Gasteiger partial charge is 0.399 e. The van der Waals surface area contributed by atoms with Crippen LogP contribution in [0.2, 0.25) is 0 Å². The number of aryl methyl sites for hydroxylation is 2. The van der Waals surface area contributed by atoms with E-state index in [0.717, 1.165) is 0 Å². The first-order valence-corrected chi connectivity index (χ1v) is 7.18. The van der Waals surface area contributed by atoms with E-state index >= 15 is 0 Å². The van der Waals surface area contributed by atoms with Gasteiger partial charge in [0.2, 0.25) is 0 Å². The number of benzene rings is 1. The van der Waals surface area contributed by atoms with Crippen LogP contribution in [0.5, 0.6) is 0 Å². The first-order chi connectivity index (χ1) is 8.90. The number of nitrogens with one attached hydrogen (secondary N) is 1. The second-order valence-electron chi connectivity index (χ2n) is 4.33. The monoisotopic (exact) mass is 277 g/mol. The lowest BCUT2D eigenvalue weighted by molar-refractivity contribution is 0.600. The highest BCUT2D eigenvalue weighted by Crippen LogP contribution is 2.25. The molecule has 0 radical (unpaired) electrons. The molecule has 19 heavy (non-hydrogen) atoms. The Morgan fingerprint density at radius 3 is 2.16 bits per heavy atom. The fraction of sp³-hybridized carbons (Fsp3) is 0.154. The van der Waals surface area contributed by atoms with E-state index in [2.05, 4.69) is 9.71 Å². The molecule has 0 atom stereocenters. The minimum absolute atomic E-state index is 0.263. The van der Waals surface area contributed by atoms with Gasteiger partial charge in [-0.25, -0.2) is 8.42 Å². The molecule has 0 unspecified atom stereocenters. The smallest absolute Gasteiger partial charge is 0.262 e. The summed E-state index contributed by atoms with van der Waals surface area (Å²) in [7, 11) is -3.62. The van der Waals surface area contributed by atoms with Crippen molar-refractivity contribution >= 4 is 21.4 Å². The molecule has 100 valence electrons. The third kappa shape index (κ3) is 2.85. The SMILES string of the molecule is Cc1cc(N)cc(C)c1S(=O)(=O)Nc1ccncc1. The molecule has 0 bridgehead atoms. The Morgan fingerprint density at radius 1 is 1.11 bits per heavy atom. The van der Waals surface area contributed by atoms with Gasteiger partial charge < -0.3 is 5.73 Å². The summed E-state index contributed by atoms with van der Waals surface area (Å²) in [6.45, 7) is 3.45. The molecule has 6 heteroatoms. The van der Waals surface area contributed by atoms with Crippen molar-refractivity contribution in [3.05, 3.63) is 47.8 Å². The molecule has 0 spiro atoms. The van der Waals surface area contributed by atoms with E-state index in [1.807, 2.05) is 0 Å². The fourth-order valence-corrected chi connectivity index (χ4v) is 3.55. The van der Waals surface area contributed by atoms with E-state index < -0.39 is 10.0 Å². The third-order valence-electron chi connectivity index (χ3n) is 2.68. The van der Waals surface area contributed by atoms with Crippen LogP contribution < -0.4 is 10.5 Å². The number of hydrogen-bond acceptors (Lipinski definition) is 4. The molecule has 1 heterocycles. The van der Waals surface area contributed by atoms with Crippen molar-refractivity contribution in [3.8, 4) is 0 Å². The van der Waals surface area contributed by atoms with Crippen LogP contribution in [0.25, 0.3) is 0 Å². The maximum atomic E-state index is 12.4. The minimum atomic E-state index is -3.62. The normalized spacial score (nSPS) is 11.3. The molecule has 1 aromatic heterocycles. The molecular weight excluding hydrogens is 262 g/mol. The van der Waals surface area contributed by atoms with E-state index in [1.165, 1.54) is 12.4 Å². The van der Waals surface area contributed by atoms with Crippen LogP contribution in [-0.2, 0) is 10.0 Å². The molecule has 0 saturated heterocycles. The molecule has 0 aliphatic rings. The van der Waals surface area contributed by atoms with Crippen LogP contribution in [0.1, 0.15) is 11.1 Å². The van der Waals surface area contributed by atoms with Crippen molar-refractivity contribution < 1.29 is 8.42 Å². The number of pyridine rings is 1. The molecular formula is C13H15N3O2S. The average molecular weight is 277 g/mol. The van der Waals surface area contributed by atoms with Crippen LogP contribution in [0.4, 0.5) is 11.4 Å². The number of rotatable bonds is 3. The van der Waals surface area contributed by atoms with Crippen LogP contribution in [0.3, 0.4) is 0 Å². The number of hydrogen-bond donors (Lipinski definition) is 2. The molecule has 2 aromatic rings. The molecule has 0 amide bonds. The summed E-state index contributed by atoms with van der Waals surface area (Å²) in [5.74, 6) is 0. The van der Waals surface area contributed by atoms with E-state index in [9.17, 15) is 8.42 Å². The number of nitrogens with two attached hydrogens (primary N) is 1. The summed E-state index contributed by atoms with van der Waals surface area (Å²) in [6, 6.07) is 6.49. The lowest BCUT2D eigenvalue weighted by Crippen LogP contribution is -2.16. The van der Waals surface area contributed by atoms with E-state index in [4.69, 9.17) is 5.73 Å². The quantitative estimate of drug-likeness (QED) is 0.841. The van der Waals surface area contributed by atoms with Gasteiger partial charge in [-0.1, -0.05) is 0 Å². The second kappa shape index (κ2) is 4.89. The molecule has 2 rings (SSSR count). The molecule has 1 aromatic carbocycles. The number of nitrogens with zero attached hydrogens (tertiary/aromatic N) is 1. The Bertz CT molecular complexity index is 674. The van der Waals surface area contributed by atoms with Gasteiger partial charge in [0.15, 0.2) is 0 Å². The van der Waals surface area contributed by atoms with Gasteiger partial charge in [0.1, 0.15) is 0 Å². The fourth-order valence-electron chi connectivity index (χ4n) is 2.03. The Balaban J connectivity index is 2.46. The van der Waals surface area contributed by atoms with Gasteiger partial charge in [0.25, 0.3) is 10.0 Å². The van der Waals surface area contributed by atoms with Gasteiger partial charge in [-0.3, -0.25) is 9.71 Å². The predicted octanol–water partition coefficient (Wildman–Crippen LogP) is 2.08. The first kappa shape index (κ1) is 13.4. The Kier molecular flexibility index (Phi) is 3.44. The zero-order valence-electron chi connectivity index (χ0n) is 10.7. The van der Waals surface area contributed by atoms with Gasteiger partial charge >= 0.3 is 0 Å². The number of nitrogen functional groups attached to an aromatic ring is 1. The van der Waals surface area contributed by atoms with Crippen molar-refractivity contribution in [1.82, 2.24) is 4.98 Å². The van der Waals surface area contributed by atoms with Gasteiger partial charge in [-0.05, 0) is 49.2 Å². The Morgan fingerprint density at radius 2 is 1.63 bits per heavy atom. The molecule has 5 nitrogen and oxygen atoms in total. The van der Waals surface area contributed by atoms with Crippen LogP contribution in [0.15, 0.2) is 41.6 Å². The van der Waals surface area contributed by atoms with E-state index in [1.54, 1.807) is 38.1 Å². The summed E-state index contributed by atoms with van der Waals surface area (Å²) >= 11 is 0. The molecule has 0 aliphatic heterocycles. The second-order valence-corrected chi connectivity index (χ2v) is 5.94. The summed E-state index contributed by atoms with van der Waals surface area (Å²) in [5.41, 5.74) is 7.98. The topological polar surface area (TPSA) is 85.1 Å². The van der Waals surface area contributed by atoms with Crippen molar-refractivity contribution in [3.63, 3.8) is 0 Å². The Hall–Kier alpha value is -2.08. The predicted molar refractivity (Wildman–Crippen MR) is 75.4 cm³/mol. The molecule has 0 aliphatic carbocycles. The number of anilines is 2. The van der Waals surface area contributed by atoms with Crippen LogP contribution in [-0.4, -0.2) is 13.4 Å². The van der Waals surface area contributed by atoms with E-state index in [-0.39, 0.29) is 4.90 Å². The maximum absolute atomic E-state index is 12.4. The van der Waals surface area contributed by atoms with Crippen LogP contribution >= 0.6 is 0 Å². The standard InChI is InChI=1S/C13H15N3O2S/c1-9-7-11(14)8-10(2)13(9)19(17,18)16-12-3-5-15-6-4-12/h3-8H,14H2,1-2H3,(H,15,16). The van der Waals surface area contributed by atoms with Gasteiger partial charge in [-0.15, -0.1) is 0 Å². The summed E-state index contributed by atoms with van der Waals surface area (Å²) in [6.07, 6.45) is 3.06. The third-order valence-corrected chi connectivity index (χ3v) is 4.37. The maximum Gasteiger partial charge on any atom is 0.262 e. The average Bonchev–Trinajstić information content (AvgIpc) is 2.27. The summed E-state index contributed by atoms with van der Waals surface area (Å²) in [5, 5.41) is 0. The molecule has 3 N–H and O–H groups in total.